The monoisotopic (exact) mass is 294 g/mol. The van der Waals surface area contributed by atoms with Gasteiger partial charge in [0.25, 0.3) is 0 Å². The number of hydrogen-bond acceptors (Lipinski definition) is 3. The van der Waals surface area contributed by atoms with Crippen LogP contribution in [0.4, 0.5) is 0 Å². The van der Waals surface area contributed by atoms with Gasteiger partial charge in [0.05, 0.1) is 6.04 Å². The number of ketones is 1. The van der Waals surface area contributed by atoms with E-state index < -0.39 is 0 Å². The van der Waals surface area contributed by atoms with Gasteiger partial charge < -0.3 is 4.90 Å². The summed E-state index contributed by atoms with van der Waals surface area (Å²) in [5.41, 5.74) is 0.709. The molecule has 20 heavy (non-hydrogen) atoms. The number of hydrogen-bond donors (Lipinski definition) is 0. The van der Waals surface area contributed by atoms with Crippen LogP contribution < -0.4 is 0 Å². The number of benzene rings is 1. The Balaban J connectivity index is 2.09. The van der Waals surface area contributed by atoms with Crippen LogP contribution in [-0.2, 0) is 0 Å². The zero-order chi connectivity index (χ0) is 14.7. The SMILES string of the molecule is CC(C(=O)c1cccc(Cl)c1)N1CCCC1CN(C)C. The van der Waals surface area contributed by atoms with Gasteiger partial charge in [0.2, 0.25) is 0 Å². The van der Waals surface area contributed by atoms with E-state index in [-0.39, 0.29) is 11.8 Å². The van der Waals surface area contributed by atoms with Gasteiger partial charge in [-0.3, -0.25) is 9.69 Å². The van der Waals surface area contributed by atoms with Crippen molar-refractivity contribution in [3.63, 3.8) is 0 Å². The maximum atomic E-state index is 12.6. The van der Waals surface area contributed by atoms with Crippen molar-refractivity contribution in [2.24, 2.45) is 0 Å². The zero-order valence-corrected chi connectivity index (χ0v) is 13.2. The minimum atomic E-state index is -0.0825. The van der Waals surface area contributed by atoms with Crippen LogP contribution in [0, 0.1) is 0 Å². The number of likely N-dealkylation sites (tertiary alicyclic amines) is 1. The van der Waals surface area contributed by atoms with Crippen LogP contribution in [0.5, 0.6) is 0 Å². The Labute approximate surface area is 126 Å². The summed E-state index contributed by atoms with van der Waals surface area (Å²) >= 11 is 5.98. The van der Waals surface area contributed by atoms with E-state index in [4.69, 9.17) is 11.6 Å². The predicted molar refractivity (Wildman–Crippen MR) is 83.5 cm³/mol. The van der Waals surface area contributed by atoms with Crippen LogP contribution in [0.15, 0.2) is 24.3 Å². The lowest BCUT2D eigenvalue weighted by Crippen LogP contribution is -2.46. The molecule has 0 aliphatic carbocycles. The number of halogens is 1. The molecule has 1 heterocycles. The van der Waals surface area contributed by atoms with Crippen molar-refractivity contribution in [2.45, 2.75) is 31.8 Å². The van der Waals surface area contributed by atoms with E-state index in [0.717, 1.165) is 13.1 Å². The standard InChI is InChI=1S/C16H23ClN2O/c1-12(16(20)13-6-4-7-14(17)10-13)19-9-5-8-15(19)11-18(2)3/h4,6-7,10,12,15H,5,8-9,11H2,1-3H3. The third kappa shape index (κ3) is 3.60. The molecule has 0 spiro atoms. The lowest BCUT2D eigenvalue weighted by Gasteiger charge is -2.31. The Kier molecular flexibility index (Phi) is 5.19. The van der Waals surface area contributed by atoms with E-state index in [0.29, 0.717) is 16.6 Å². The topological polar surface area (TPSA) is 23.6 Å². The van der Waals surface area contributed by atoms with Crippen molar-refractivity contribution in [3.8, 4) is 0 Å². The van der Waals surface area contributed by atoms with Gasteiger partial charge in [0, 0.05) is 23.2 Å². The van der Waals surface area contributed by atoms with Crippen LogP contribution >= 0.6 is 11.6 Å². The first-order valence-corrected chi connectivity index (χ1v) is 7.57. The molecule has 1 aliphatic heterocycles. The molecule has 1 aromatic carbocycles. The quantitative estimate of drug-likeness (QED) is 0.780. The van der Waals surface area contributed by atoms with Gasteiger partial charge in [0.15, 0.2) is 5.78 Å². The van der Waals surface area contributed by atoms with Gasteiger partial charge in [-0.1, -0.05) is 23.7 Å². The second kappa shape index (κ2) is 6.70. The minimum Gasteiger partial charge on any atom is -0.308 e. The Morgan fingerprint density at radius 1 is 1.50 bits per heavy atom. The molecular formula is C16H23ClN2O. The summed E-state index contributed by atoms with van der Waals surface area (Å²) in [4.78, 5) is 17.1. The molecule has 2 atom stereocenters. The number of carbonyl (C=O) groups is 1. The van der Waals surface area contributed by atoms with Gasteiger partial charge in [-0.2, -0.15) is 0 Å². The highest BCUT2D eigenvalue weighted by atomic mass is 35.5. The van der Waals surface area contributed by atoms with Crippen molar-refractivity contribution in [1.29, 1.82) is 0 Å². The Bertz CT molecular complexity index is 475. The van der Waals surface area contributed by atoms with Gasteiger partial charge in [-0.25, -0.2) is 0 Å². The summed E-state index contributed by atoms with van der Waals surface area (Å²) in [6, 6.07) is 7.64. The number of carbonyl (C=O) groups excluding carboxylic acids is 1. The van der Waals surface area contributed by atoms with Crippen LogP contribution in [0.25, 0.3) is 0 Å². The molecule has 1 fully saturated rings. The highest BCUT2D eigenvalue weighted by Crippen LogP contribution is 2.23. The largest absolute Gasteiger partial charge is 0.308 e. The molecule has 0 N–H and O–H groups in total. The van der Waals surface area contributed by atoms with Crippen LogP contribution in [0.3, 0.4) is 0 Å². The smallest absolute Gasteiger partial charge is 0.179 e. The fourth-order valence-electron chi connectivity index (χ4n) is 3.02. The summed E-state index contributed by atoms with van der Waals surface area (Å²) in [6.45, 7) is 4.02. The predicted octanol–water partition coefficient (Wildman–Crippen LogP) is 2.94. The maximum absolute atomic E-state index is 12.6. The molecular weight excluding hydrogens is 272 g/mol. The van der Waals surface area contributed by atoms with Crippen molar-refractivity contribution in [3.05, 3.63) is 34.9 Å². The number of nitrogens with zero attached hydrogens (tertiary/aromatic N) is 2. The maximum Gasteiger partial charge on any atom is 0.179 e. The number of likely N-dealkylation sites (N-methyl/N-ethyl adjacent to an activating group) is 1. The molecule has 0 aromatic heterocycles. The molecule has 2 unspecified atom stereocenters. The molecule has 3 nitrogen and oxygen atoms in total. The molecule has 0 saturated carbocycles. The van der Waals surface area contributed by atoms with E-state index in [1.54, 1.807) is 12.1 Å². The van der Waals surface area contributed by atoms with Crippen molar-refractivity contribution in [2.75, 3.05) is 27.2 Å². The molecule has 110 valence electrons. The van der Waals surface area contributed by atoms with E-state index in [1.165, 1.54) is 12.8 Å². The number of rotatable bonds is 5. The van der Waals surface area contributed by atoms with E-state index in [1.807, 2.05) is 19.1 Å². The lowest BCUT2D eigenvalue weighted by atomic mass is 10.0. The second-order valence-electron chi connectivity index (χ2n) is 5.85. The molecule has 2 rings (SSSR count). The first kappa shape index (κ1) is 15.5. The molecule has 4 heteroatoms. The first-order valence-electron chi connectivity index (χ1n) is 7.19. The van der Waals surface area contributed by atoms with E-state index >= 15 is 0 Å². The van der Waals surface area contributed by atoms with Crippen molar-refractivity contribution in [1.82, 2.24) is 9.80 Å². The Morgan fingerprint density at radius 2 is 2.25 bits per heavy atom. The van der Waals surface area contributed by atoms with Gasteiger partial charge in [-0.15, -0.1) is 0 Å². The van der Waals surface area contributed by atoms with Crippen molar-refractivity contribution >= 4 is 17.4 Å². The van der Waals surface area contributed by atoms with Crippen LogP contribution in [0.2, 0.25) is 5.02 Å². The molecule has 0 radical (unpaired) electrons. The summed E-state index contributed by atoms with van der Waals surface area (Å²) in [7, 11) is 4.17. The van der Waals surface area contributed by atoms with Crippen molar-refractivity contribution < 1.29 is 4.79 Å². The average Bonchev–Trinajstić information content (AvgIpc) is 2.84. The van der Waals surface area contributed by atoms with E-state index in [9.17, 15) is 4.79 Å². The molecule has 1 saturated heterocycles. The summed E-state index contributed by atoms with van der Waals surface area (Å²) in [5.74, 6) is 0.165. The fourth-order valence-corrected chi connectivity index (χ4v) is 3.21. The second-order valence-corrected chi connectivity index (χ2v) is 6.28. The van der Waals surface area contributed by atoms with Crippen LogP contribution in [-0.4, -0.2) is 54.9 Å². The summed E-state index contributed by atoms with van der Waals surface area (Å²) in [6.07, 6.45) is 2.34. The van der Waals surface area contributed by atoms with E-state index in [2.05, 4.69) is 23.9 Å². The summed E-state index contributed by atoms with van der Waals surface area (Å²) < 4.78 is 0. The van der Waals surface area contributed by atoms with Gasteiger partial charge in [-0.05, 0) is 52.5 Å². The fraction of sp³-hybridized carbons (Fsp3) is 0.562. The highest BCUT2D eigenvalue weighted by Gasteiger charge is 2.32. The third-order valence-electron chi connectivity index (χ3n) is 3.98. The first-order chi connectivity index (χ1) is 9.49. The lowest BCUT2D eigenvalue weighted by molar-refractivity contribution is 0.0799. The molecule has 1 aromatic rings. The number of Topliss-reactive ketones (excluding diaryl/α,β-unsaturated/α-hetero) is 1. The average molecular weight is 295 g/mol. The van der Waals surface area contributed by atoms with Gasteiger partial charge in [0.1, 0.15) is 0 Å². The zero-order valence-electron chi connectivity index (χ0n) is 12.5. The normalized spacial score (nSPS) is 21.4. The molecule has 0 amide bonds. The van der Waals surface area contributed by atoms with Gasteiger partial charge >= 0.3 is 0 Å². The third-order valence-corrected chi connectivity index (χ3v) is 4.22. The molecule has 1 aliphatic rings. The molecule has 0 bridgehead atoms. The highest BCUT2D eigenvalue weighted by molar-refractivity contribution is 6.31. The Hall–Kier alpha value is -0.900. The van der Waals surface area contributed by atoms with Crippen LogP contribution in [0.1, 0.15) is 30.1 Å². The summed E-state index contributed by atoms with van der Waals surface area (Å²) in [5, 5.41) is 0.620. The Morgan fingerprint density at radius 3 is 2.90 bits per heavy atom. The minimum absolute atomic E-state index is 0.0825.